The van der Waals surface area contributed by atoms with Crippen molar-refractivity contribution >= 4 is 29.2 Å². The van der Waals surface area contributed by atoms with Crippen LogP contribution in [-0.2, 0) is 22.2 Å². The lowest BCUT2D eigenvalue weighted by Crippen LogP contribution is -2.39. The fourth-order valence-corrected chi connectivity index (χ4v) is 3.22. The van der Waals surface area contributed by atoms with Crippen molar-refractivity contribution in [2.75, 3.05) is 16.8 Å². The average Bonchev–Trinajstić information content (AvgIpc) is 2.63. The number of rotatable bonds is 4. The molecule has 0 fully saturated rings. The van der Waals surface area contributed by atoms with Crippen molar-refractivity contribution in [2.24, 2.45) is 0 Å². The van der Waals surface area contributed by atoms with Gasteiger partial charge in [0.15, 0.2) is 0 Å². The Bertz CT molecular complexity index is 1000. The van der Waals surface area contributed by atoms with E-state index in [1.54, 1.807) is 12.1 Å². The van der Waals surface area contributed by atoms with Crippen molar-refractivity contribution in [2.45, 2.75) is 25.9 Å². The topological polar surface area (TPSA) is 86.7 Å². The minimum Gasteiger partial charge on any atom is -0.480 e. The molecule has 29 heavy (non-hydrogen) atoms. The van der Waals surface area contributed by atoms with E-state index in [1.807, 2.05) is 0 Å². The molecule has 2 aromatic rings. The van der Waals surface area contributed by atoms with E-state index in [-0.39, 0.29) is 23.5 Å². The van der Waals surface area contributed by atoms with Crippen LogP contribution in [0.5, 0.6) is 0 Å². The van der Waals surface area contributed by atoms with Crippen LogP contribution >= 0.6 is 0 Å². The molecule has 3 rings (SSSR count). The van der Waals surface area contributed by atoms with Gasteiger partial charge in [0.1, 0.15) is 6.54 Å². The Morgan fingerprint density at radius 3 is 2.48 bits per heavy atom. The van der Waals surface area contributed by atoms with Gasteiger partial charge in [-0.1, -0.05) is 6.07 Å². The monoisotopic (exact) mass is 406 g/mol. The zero-order chi connectivity index (χ0) is 21.3. The molecule has 0 saturated carbocycles. The van der Waals surface area contributed by atoms with Crippen molar-refractivity contribution in [1.82, 2.24) is 0 Å². The molecule has 1 aliphatic heterocycles. The summed E-state index contributed by atoms with van der Waals surface area (Å²) in [6.45, 7) is 0.908. The lowest BCUT2D eigenvalue weighted by atomic mass is 10.00. The van der Waals surface area contributed by atoms with Gasteiger partial charge in [-0.05, 0) is 54.8 Å². The third-order valence-corrected chi connectivity index (χ3v) is 4.63. The number of amides is 2. The van der Waals surface area contributed by atoms with Crippen LogP contribution in [0.15, 0.2) is 36.4 Å². The van der Waals surface area contributed by atoms with Crippen LogP contribution in [0.4, 0.5) is 24.5 Å². The molecule has 0 radical (unpaired) electrons. The summed E-state index contributed by atoms with van der Waals surface area (Å²) in [5, 5.41) is 11.6. The van der Waals surface area contributed by atoms with Crippen LogP contribution in [0.25, 0.3) is 0 Å². The number of nitrogens with zero attached hydrogens (tertiary/aromatic N) is 1. The highest BCUT2D eigenvalue weighted by Gasteiger charge is 2.31. The quantitative estimate of drug-likeness (QED) is 0.812. The number of carboxylic acids is 1. The Kier molecular flexibility index (Phi) is 5.32. The van der Waals surface area contributed by atoms with Gasteiger partial charge in [-0.2, -0.15) is 13.2 Å². The summed E-state index contributed by atoms with van der Waals surface area (Å²) in [6, 6.07) is 7.62. The van der Waals surface area contributed by atoms with E-state index in [0.717, 1.165) is 28.7 Å². The number of alkyl halides is 3. The van der Waals surface area contributed by atoms with Gasteiger partial charge < -0.3 is 15.3 Å². The van der Waals surface area contributed by atoms with E-state index in [0.29, 0.717) is 17.8 Å². The smallest absolute Gasteiger partial charge is 0.416 e. The lowest BCUT2D eigenvalue weighted by molar-refractivity contribution is -0.138. The number of halogens is 3. The van der Waals surface area contributed by atoms with Crippen molar-refractivity contribution in [3.63, 3.8) is 0 Å². The fourth-order valence-electron chi connectivity index (χ4n) is 3.22. The number of aliphatic carboxylic acids is 1. The average molecular weight is 406 g/mol. The Hall–Kier alpha value is -3.36. The number of hydrogen-bond acceptors (Lipinski definition) is 3. The standard InChI is InChI=1S/C20H17F3N2O4/c1-11-8-13(20(21,22)23)4-6-15(11)19(29)24-14-5-2-12-3-7-17(26)25(10-18(27)28)16(12)9-14/h2,4-6,8-9H,3,7,10H2,1H3,(H,24,29)(H,27,28). The molecular formula is C20H17F3N2O4. The zero-order valence-corrected chi connectivity index (χ0v) is 15.3. The van der Waals surface area contributed by atoms with Crippen molar-refractivity contribution in [3.8, 4) is 0 Å². The zero-order valence-electron chi connectivity index (χ0n) is 15.3. The first kappa shape index (κ1) is 20.4. The minimum absolute atomic E-state index is 0.0780. The molecule has 1 aliphatic rings. The van der Waals surface area contributed by atoms with Gasteiger partial charge >= 0.3 is 12.1 Å². The normalized spacial score (nSPS) is 13.8. The fraction of sp³-hybridized carbons (Fsp3) is 0.250. The Balaban J connectivity index is 1.86. The minimum atomic E-state index is -4.50. The molecule has 0 aliphatic carbocycles. The maximum absolute atomic E-state index is 12.8. The van der Waals surface area contributed by atoms with Crippen molar-refractivity contribution in [1.29, 1.82) is 0 Å². The van der Waals surface area contributed by atoms with Crippen molar-refractivity contribution in [3.05, 3.63) is 58.7 Å². The number of aryl methyl sites for hydroxylation is 2. The van der Waals surface area contributed by atoms with Gasteiger partial charge in [0.05, 0.1) is 5.56 Å². The summed E-state index contributed by atoms with van der Waals surface area (Å²) in [4.78, 5) is 36.8. The van der Waals surface area contributed by atoms with Crippen LogP contribution in [-0.4, -0.2) is 29.4 Å². The predicted octanol–water partition coefficient (Wildman–Crippen LogP) is 3.63. The Morgan fingerprint density at radius 1 is 1.14 bits per heavy atom. The number of benzene rings is 2. The van der Waals surface area contributed by atoms with E-state index in [9.17, 15) is 27.6 Å². The summed E-state index contributed by atoms with van der Waals surface area (Å²) < 4.78 is 38.4. The van der Waals surface area contributed by atoms with E-state index in [1.165, 1.54) is 13.0 Å². The highest BCUT2D eigenvalue weighted by atomic mass is 19.4. The molecular weight excluding hydrogens is 389 g/mol. The number of carboxylic acid groups (broad SMARTS) is 1. The van der Waals surface area contributed by atoms with Crippen LogP contribution in [0.1, 0.15) is 33.5 Å². The second kappa shape index (κ2) is 7.57. The molecule has 2 amide bonds. The maximum atomic E-state index is 12.8. The van der Waals surface area contributed by atoms with Gasteiger partial charge in [-0.15, -0.1) is 0 Å². The van der Waals surface area contributed by atoms with E-state index >= 15 is 0 Å². The lowest BCUT2D eigenvalue weighted by Gasteiger charge is -2.28. The van der Waals surface area contributed by atoms with Crippen LogP contribution in [0, 0.1) is 6.92 Å². The highest BCUT2D eigenvalue weighted by Crippen LogP contribution is 2.32. The molecule has 2 aromatic carbocycles. The Labute approximate surface area is 163 Å². The first-order valence-electron chi connectivity index (χ1n) is 8.70. The van der Waals surface area contributed by atoms with E-state index in [4.69, 9.17) is 5.11 Å². The third-order valence-electron chi connectivity index (χ3n) is 4.63. The van der Waals surface area contributed by atoms with Crippen molar-refractivity contribution < 1.29 is 32.7 Å². The number of carbonyl (C=O) groups excluding carboxylic acids is 2. The molecule has 1 heterocycles. The molecule has 0 unspecified atom stereocenters. The van der Waals surface area contributed by atoms with Crippen LogP contribution < -0.4 is 10.2 Å². The summed E-state index contributed by atoms with van der Waals surface area (Å²) in [5.41, 5.74) is 0.869. The second-order valence-electron chi connectivity index (χ2n) is 6.70. The molecule has 0 bridgehead atoms. The third kappa shape index (κ3) is 4.39. The van der Waals surface area contributed by atoms with Gasteiger partial charge in [0.2, 0.25) is 5.91 Å². The van der Waals surface area contributed by atoms with E-state index in [2.05, 4.69) is 5.32 Å². The molecule has 6 nitrogen and oxygen atoms in total. The second-order valence-corrected chi connectivity index (χ2v) is 6.70. The number of hydrogen-bond donors (Lipinski definition) is 2. The highest BCUT2D eigenvalue weighted by molar-refractivity contribution is 6.06. The van der Waals surface area contributed by atoms with Gasteiger partial charge in [0.25, 0.3) is 5.91 Å². The molecule has 9 heteroatoms. The summed E-state index contributed by atoms with van der Waals surface area (Å²) in [5.74, 6) is -2.11. The Morgan fingerprint density at radius 2 is 1.86 bits per heavy atom. The van der Waals surface area contributed by atoms with Gasteiger partial charge in [-0.25, -0.2) is 0 Å². The van der Waals surface area contributed by atoms with Gasteiger partial charge in [-0.3, -0.25) is 14.4 Å². The number of anilines is 2. The molecule has 2 N–H and O–H groups in total. The predicted molar refractivity (Wildman–Crippen MR) is 98.9 cm³/mol. The molecule has 152 valence electrons. The summed E-state index contributed by atoms with van der Waals surface area (Å²) in [6.07, 6.45) is -3.86. The van der Waals surface area contributed by atoms with Crippen LogP contribution in [0.3, 0.4) is 0 Å². The maximum Gasteiger partial charge on any atom is 0.416 e. The number of nitrogens with one attached hydrogen (secondary N) is 1. The summed E-state index contributed by atoms with van der Waals surface area (Å²) in [7, 11) is 0. The molecule has 0 atom stereocenters. The largest absolute Gasteiger partial charge is 0.480 e. The van der Waals surface area contributed by atoms with E-state index < -0.39 is 30.2 Å². The SMILES string of the molecule is Cc1cc(C(F)(F)F)ccc1C(=O)Nc1ccc2c(c1)N(CC(=O)O)C(=O)CC2. The first-order chi connectivity index (χ1) is 13.6. The number of carbonyl (C=O) groups is 3. The molecule has 0 aromatic heterocycles. The first-order valence-corrected chi connectivity index (χ1v) is 8.70. The van der Waals surface area contributed by atoms with Gasteiger partial charge in [0, 0.05) is 23.4 Å². The van der Waals surface area contributed by atoms with Crippen LogP contribution in [0.2, 0.25) is 0 Å². The summed E-state index contributed by atoms with van der Waals surface area (Å²) >= 11 is 0. The molecule has 0 spiro atoms. The number of fused-ring (bicyclic) bond motifs is 1. The molecule has 0 saturated heterocycles.